The van der Waals surface area contributed by atoms with Crippen LogP contribution in [0.5, 0.6) is 0 Å². The molecule has 1 aliphatic rings. The van der Waals surface area contributed by atoms with E-state index >= 15 is 0 Å². The first-order valence-corrected chi connectivity index (χ1v) is 12.2. The molecule has 1 heterocycles. The maximum absolute atomic E-state index is 13.4. The third-order valence-corrected chi connectivity index (χ3v) is 7.19. The summed E-state index contributed by atoms with van der Waals surface area (Å²) in [7, 11) is -1.90. The lowest BCUT2D eigenvalue weighted by atomic mass is 10.1. The average molecular weight is 528 g/mol. The van der Waals surface area contributed by atoms with E-state index < -0.39 is 14.9 Å². The van der Waals surface area contributed by atoms with Crippen LogP contribution in [0.25, 0.3) is 0 Å². The van der Waals surface area contributed by atoms with Crippen molar-refractivity contribution >= 4 is 53.3 Å². The third kappa shape index (κ3) is 5.20. The summed E-state index contributed by atoms with van der Waals surface area (Å²) in [5, 5.41) is 12.7. The monoisotopic (exact) mass is 526 g/mol. The highest BCUT2D eigenvalue weighted by Crippen LogP contribution is 2.35. The summed E-state index contributed by atoms with van der Waals surface area (Å²) in [6, 6.07) is 2.64. The van der Waals surface area contributed by atoms with Crippen LogP contribution >= 0.6 is 31.9 Å². The van der Waals surface area contributed by atoms with Gasteiger partial charge >= 0.3 is 0 Å². The van der Waals surface area contributed by atoms with Crippen molar-refractivity contribution in [3.05, 3.63) is 27.8 Å². The lowest BCUT2D eigenvalue weighted by molar-refractivity contribution is -0.385. The Kier molecular flexibility index (Phi) is 8.05. The van der Waals surface area contributed by atoms with E-state index in [1.807, 2.05) is 11.9 Å². The molecule has 0 unspecified atom stereocenters. The second kappa shape index (κ2) is 9.64. The maximum atomic E-state index is 13.4. The molecule has 11 heteroatoms. The molecule has 0 atom stereocenters. The molecule has 0 saturated carbocycles. The number of aryl methyl sites for hydroxylation is 1. The Morgan fingerprint density at radius 2 is 1.70 bits per heavy atom. The van der Waals surface area contributed by atoms with E-state index in [2.05, 4.69) is 36.8 Å². The molecular formula is C16H24Br2N4O4S. The van der Waals surface area contributed by atoms with Gasteiger partial charge in [0.1, 0.15) is 4.90 Å². The van der Waals surface area contributed by atoms with Crippen molar-refractivity contribution in [3.63, 3.8) is 0 Å². The van der Waals surface area contributed by atoms with Gasteiger partial charge in [0, 0.05) is 62.1 Å². The van der Waals surface area contributed by atoms with Crippen molar-refractivity contribution in [2.24, 2.45) is 0 Å². The summed E-state index contributed by atoms with van der Waals surface area (Å²) in [6.45, 7) is 4.92. The van der Waals surface area contributed by atoms with E-state index in [0.717, 1.165) is 0 Å². The van der Waals surface area contributed by atoms with Gasteiger partial charge in [-0.25, -0.2) is 8.42 Å². The van der Waals surface area contributed by atoms with Crippen LogP contribution in [0, 0.1) is 17.0 Å². The molecule has 1 aliphatic heterocycles. The van der Waals surface area contributed by atoms with Crippen molar-refractivity contribution in [3.8, 4) is 0 Å². The van der Waals surface area contributed by atoms with E-state index in [-0.39, 0.29) is 10.6 Å². The number of anilines is 1. The Morgan fingerprint density at radius 3 is 2.19 bits per heavy atom. The van der Waals surface area contributed by atoms with E-state index in [0.29, 0.717) is 61.2 Å². The highest BCUT2D eigenvalue weighted by atomic mass is 79.9. The van der Waals surface area contributed by atoms with Crippen molar-refractivity contribution in [1.29, 1.82) is 0 Å². The SMILES string of the molecule is Cc1cc([N+](=O)[O-])cc(S(=O)(=O)N2CCN(C)CC2)c1N(CCBr)CCBr. The lowest BCUT2D eigenvalue weighted by Crippen LogP contribution is -2.47. The largest absolute Gasteiger partial charge is 0.369 e. The second-order valence-electron chi connectivity index (χ2n) is 6.44. The summed E-state index contributed by atoms with van der Waals surface area (Å²) < 4.78 is 28.2. The predicted molar refractivity (Wildman–Crippen MR) is 114 cm³/mol. The first kappa shape index (κ1) is 22.5. The van der Waals surface area contributed by atoms with Crippen molar-refractivity contribution < 1.29 is 13.3 Å². The molecule has 0 aliphatic carbocycles. The van der Waals surface area contributed by atoms with Crippen LogP contribution < -0.4 is 4.90 Å². The topological polar surface area (TPSA) is 87.0 Å². The molecule has 152 valence electrons. The lowest BCUT2D eigenvalue weighted by Gasteiger charge is -2.33. The molecule has 0 aromatic heterocycles. The zero-order valence-electron chi connectivity index (χ0n) is 15.4. The van der Waals surface area contributed by atoms with E-state index in [1.54, 1.807) is 6.92 Å². The predicted octanol–water partition coefficient (Wildman–Crippen LogP) is 2.44. The fraction of sp³-hybridized carbons (Fsp3) is 0.625. The Morgan fingerprint density at radius 1 is 1.15 bits per heavy atom. The van der Waals surface area contributed by atoms with Gasteiger partial charge in [-0.2, -0.15) is 4.31 Å². The number of benzene rings is 1. The molecule has 1 aromatic rings. The van der Waals surface area contributed by atoms with Gasteiger partial charge in [0.25, 0.3) is 5.69 Å². The summed E-state index contributed by atoms with van der Waals surface area (Å²) in [6.07, 6.45) is 0. The normalized spacial score (nSPS) is 16.4. The van der Waals surface area contributed by atoms with Gasteiger partial charge in [0.15, 0.2) is 0 Å². The minimum Gasteiger partial charge on any atom is -0.369 e. The van der Waals surface area contributed by atoms with Gasteiger partial charge in [-0.3, -0.25) is 10.1 Å². The van der Waals surface area contributed by atoms with Gasteiger partial charge < -0.3 is 9.80 Å². The molecule has 0 radical (unpaired) electrons. The Labute approximate surface area is 177 Å². The molecule has 8 nitrogen and oxygen atoms in total. The van der Waals surface area contributed by atoms with Crippen LogP contribution in [0.1, 0.15) is 5.56 Å². The quantitative estimate of drug-likeness (QED) is 0.293. The van der Waals surface area contributed by atoms with Gasteiger partial charge in [-0.15, -0.1) is 0 Å². The Balaban J connectivity index is 2.61. The number of nitro groups is 1. The Hall–Kier alpha value is -0.750. The molecule has 0 spiro atoms. The number of rotatable bonds is 8. The highest BCUT2D eigenvalue weighted by molar-refractivity contribution is 9.09. The second-order valence-corrected chi connectivity index (χ2v) is 9.93. The molecule has 0 amide bonds. The van der Waals surface area contributed by atoms with Crippen molar-refractivity contribution in [2.45, 2.75) is 11.8 Å². The number of alkyl halides is 2. The van der Waals surface area contributed by atoms with Crippen LogP contribution in [0.2, 0.25) is 0 Å². The molecule has 0 N–H and O–H groups in total. The standard InChI is InChI=1S/C16H24Br2N4O4S/c1-13-11-14(22(23)24)12-15(16(13)20(5-3-17)6-4-18)27(25,26)21-9-7-19(2)8-10-21/h11-12H,3-10H2,1-2H3. The van der Waals surface area contributed by atoms with Gasteiger partial charge in [-0.1, -0.05) is 31.9 Å². The number of piperazine rings is 1. The van der Waals surface area contributed by atoms with Crippen LogP contribution in [-0.2, 0) is 10.0 Å². The Bertz CT molecular complexity index is 777. The summed E-state index contributed by atoms with van der Waals surface area (Å²) in [5.41, 5.74) is 0.916. The number of hydrogen-bond donors (Lipinski definition) is 0. The molecule has 0 bridgehead atoms. The minimum atomic E-state index is -3.85. The number of halogens is 2. The van der Waals surface area contributed by atoms with E-state index in [1.165, 1.54) is 16.4 Å². The number of nitrogens with zero attached hydrogens (tertiary/aromatic N) is 4. The third-order valence-electron chi connectivity index (χ3n) is 4.57. The number of nitro benzene ring substituents is 1. The molecule has 27 heavy (non-hydrogen) atoms. The number of non-ortho nitro benzene ring substituents is 1. The fourth-order valence-electron chi connectivity index (χ4n) is 3.14. The average Bonchev–Trinajstić information content (AvgIpc) is 2.61. The van der Waals surface area contributed by atoms with Crippen molar-refractivity contribution in [2.75, 3.05) is 61.9 Å². The van der Waals surface area contributed by atoms with Gasteiger partial charge in [0.05, 0.1) is 10.6 Å². The summed E-state index contributed by atoms with van der Waals surface area (Å²) in [4.78, 5) is 14.8. The van der Waals surface area contributed by atoms with E-state index in [9.17, 15) is 18.5 Å². The van der Waals surface area contributed by atoms with Crippen LogP contribution in [0.4, 0.5) is 11.4 Å². The first-order chi connectivity index (χ1) is 12.7. The maximum Gasteiger partial charge on any atom is 0.271 e. The van der Waals surface area contributed by atoms with Crippen molar-refractivity contribution in [1.82, 2.24) is 9.21 Å². The minimum absolute atomic E-state index is 0.0145. The fourth-order valence-corrected chi connectivity index (χ4v) is 5.73. The molecule has 2 rings (SSSR count). The van der Waals surface area contributed by atoms with Gasteiger partial charge in [0.2, 0.25) is 10.0 Å². The van der Waals surface area contributed by atoms with Crippen LogP contribution in [0.3, 0.4) is 0 Å². The first-order valence-electron chi connectivity index (χ1n) is 8.57. The van der Waals surface area contributed by atoms with Crippen LogP contribution in [0.15, 0.2) is 17.0 Å². The summed E-state index contributed by atoms with van der Waals surface area (Å²) >= 11 is 6.81. The molecular weight excluding hydrogens is 504 g/mol. The number of hydrogen-bond acceptors (Lipinski definition) is 6. The number of sulfonamides is 1. The van der Waals surface area contributed by atoms with Gasteiger partial charge in [-0.05, 0) is 19.5 Å². The summed E-state index contributed by atoms with van der Waals surface area (Å²) in [5.74, 6) is 0. The molecule has 1 aromatic carbocycles. The molecule has 1 saturated heterocycles. The number of likely N-dealkylation sites (N-methyl/N-ethyl adjacent to an activating group) is 1. The zero-order chi connectivity index (χ0) is 20.2. The van der Waals surface area contributed by atoms with Crippen LogP contribution in [-0.4, -0.2) is 79.5 Å². The molecule has 1 fully saturated rings. The van der Waals surface area contributed by atoms with E-state index in [4.69, 9.17) is 0 Å². The smallest absolute Gasteiger partial charge is 0.271 e. The highest BCUT2D eigenvalue weighted by Gasteiger charge is 2.33. The zero-order valence-corrected chi connectivity index (χ0v) is 19.4.